The molecule has 0 unspecified atom stereocenters. The topological polar surface area (TPSA) is 98.5 Å². The average molecular weight is 320 g/mol. The molecule has 0 spiro atoms. The van der Waals surface area contributed by atoms with Gasteiger partial charge in [0.2, 0.25) is 0 Å². The molecule has 0 aromatic carbocycles. The summed E-state index contributed by atoms with van der Waals surface area (Å²) in [6.07, 6.45) is 6.29. The van der Waals surface area contributed by atoms with Crippen molar-refractivity contribution in [3.63, 3.8) is 0 Å². The Labute approximate surface area is 135 Å². The Morgan fingerprint density at radius 1 is 1.08 bits per heavy atom. The first-order valence-corrected chi connectivity index (χ1v) is 7.22. The molecule has 0 aliphatic carbocycles. The first-order chi connectivity index (χ1) is 11.7. The van der Waals surface area contributed by atoms with Crippen molar-refractivity contribution in [2.75, 3.05) is 0 Å². The zero-order chi connectivity index (χ0) is 16.7. The number of hydrogen-bond donors (Lipinski definition) is 1. The summed E-state index contributed by atoms with van der Waals surface area (Å²) in [6, 6.07) is 6.54. The van der Waals surface area contributed by atoms with Crippen LogP contribution in [0.1, 0.15) is 5.69 Å². The van der Waals surface area contributed by atoms with Crippen LogP contribution in [-0.2, 0) is 0 Å². The first-order valence-electron chi connectivity index (χ1n) is 7.22. The highest BCUT2D eigenvalue weighted by atomic mass is 16.1. The number of rotatable bonds is 2. The first kappa shape index (κ1) is 14.1. The second-order valence-electron chi connectivity index (χ2n) is 5.20. The van der Waals surface area contributed by atoms with Gasteiger partial charge >= 0.3 is 0 Å². The van der Waals surface area contributed by atoms with Gasteiger partial charge in [-0.1, -0.05) is 0 Å². The van der Waals surface area contributed by atoms with Gasteiger partial charge in [-0.2, -0.15) is 4.68 Å². The fraction of sp³-hybridized carbons (Fsp3) is 0.0625. The van der Waals surface area contributed by atoms with Crippen molar-refractivity contribution in [2.45, 2.75) is 6.92 Å². The molecule has 0 saturated carbocycles. The molecule has 4 heterocycles. The van der Waals surface area contributed by atoms with Crippen LogP contribution in [0.3, 0.4) is 0 Å². The van der Waals surface area contributed by atoms with Gasteiger partial charge in [0, 0.05) is 30.4 Å². The molecule has 0 aliphatic rings. The average Bonchev–Trinajstić information content (AvgIpc) is 2.93. The van der Waals surface area contributed by atoms with Gasteiger partial charge in [-0.15, -0.1) is 0 Å². The Hall–Kier alpha value is -3.55. The molecule has 0 radical (unpaired) electrons. The molecular weight excluding hydrogens is 308 g/mol. The lowest BCUT2D eigenvalue weighted by atomic mass is 10.2. The van der Waals surface area contributed by atoms with Gasteiger partial charge < -0.3 is 0 Å². The zero-order valence-corrected chi connectivity index (χ0v) is 12.7. The van der Waals surface area contributed by atoms with E-state index >= 15 is 0 Å². The molecule has 0 atom stereocenters. The second kappa shape index (κ2) is 5.27. The maximum absolute atomic E-state index is 12.8. The van der Waals surface area contributed by atoms with Crippen molar-refractivity contribution in [1.82, 2.24) is 29.3 Å². The molecule has 0 amide bonds. The minimum absolute atomic E-state index is 0.221. The number of hydrogen-bond acceptors (Lipinski definition) is 5. The smallest absolute Gasteiger partial charge is 0.283 e. The van der Waals surface area contributed by atoms with Gasteiger partial charge in [0.15, 0.2) is 0 Å². The predicted molar refractivity (Wildman–Crippen MR) is 87.6 cm³/mol. The summed E-state index contributed by atoms with van der Waals surface area (Å²) in [5.41, 5.74) is 1.00. The highest BCUT2D eigenvalue weighted by Gasteiger charge is 2.16. The largest absolute Gasteiger partial charge is 0.287 e. The molecule has 118 valence electrons. The molecule has 0 fully saturated rings. The minimum atomic E-state index is -0.314. The van der Waals surface area contributed by atoms with E-state index in [0.29, 0.717) is 22.3 Å². The molecule has 4 rings (SSSR count). The summed E-state index contributed by atoms with van der Waals surface area (Å²) in [5.74, 6) is 0.221. The Bertz CT molecular complexity index is 1140. The van der Waals surface area contributed by atoms with Gasteiger partial charge in [0.25, 0.3) is 17.1 Å². The SMILES string of the molecule is Cc1c2c(=O)n(-c3ncccn3)[nH]c2cc(=O)n1-c1cccnc1. The maximum Gasteiger partial charge on any atom is 0.283 e. The van der Waals surface area contributed by atoms with Gasteiger partial charge in [-0.3, -0.25) is 24.2 Å². The summed E-state index contributed by atoms with van der Waals surface area (Å²) in [7, 11) is 0. The molecule has 0 aliphatic heterocycles. The van der Waals surface area contributed by atoms with Crippen molar-refractivity contribution in [3.8, 4) is 11.6 Å². The number of aryl methyl sites for hydroxylation is 1. The Kier molecular flexibility index (Phi) is 3.09. The van der Waals surface area contributed by atoms with Crippen molar-refractivity contribution in [2.24, 2.45) is 0 Å². The van der Waals surface area contributed by atoms with E-state index in [1.54, 1.807) is 49.9 Å². The molecule has 1 N–H and O–H groups in total. The van der Waals surface area contributed by atoms with Crippen LogP contribution < -0.4 is 11.1 Å². The lowest BCUT2D eigenvalue weighted by molar-refractivity contribution is 0.793. The van der Waals surface area contributed by atoms with E-state index in [9.17, 15) is 9.59 Å². The molecule has 4 aromatic heterocycles. The van der Waals surface area contributed by atoms with E-state index in [1.165, 1.54) is 15.3 Å². The van der Waals surface area contributed by atoms with E-state index in [4.69, 9.17) is 0 Å². The maximum atomic E-state index is 12.8. The Balaban J connectivity index is 2.06. The summed E-state index contributed by atoms with van der Waals surface area (Å²) in [6.45, 7) is 1.72. The summed E-state index contributed by atoms with van der Waals surface area (Å²) >= 11 is 0. The molecule has 8 nitrogen and oxygen atoms in total. The van der Waals surface area contributed by atoms with Crippen LogP contribution in [0.2, 0.25) is 0 Å². The third-order valence-electron chi connectivity index (χ3n) is 3.76. The molecule has 4 aromatic rings. The lowest BCUT2D eigenvalue weighted by Gasteiger charge is -2.09. The normalized spacial score (nSPS) is 11.0. The molecule has 0 bridgehead atoms. The summed E-state index contributed by atoms with van der Waals surface area (Å²) < 4.78 is 2.69. The quantitative estimate of drug-likeness (QED) is 0.593. The number of H-pyrrole nitrogens is 1. The van der Waals surface area contributed by atoms with E-state index in [0.717, 1.165) is 0 Å². The van der Waals surface area contributed by atoms with Crippen LogP contribution in [0.5, 0.6) is 0 Å². The van der Waals surface area contributed by atoms with Crippen LogP contribution in [0.4, 0.5) is 0 Å². The van der Waals surface area contributed by atoms with Gasteiger partial charge in [0.05, 0.1) is 22.8 Å². The number of pyridine rings is 2. The van der Waals surface area contributed by atoms with Crippen LogP contribution >= 0.6 is 0 Å². The summed E-state index contributed by atoms with van der Waals surface area (Å²) in [4.78, 5) is 37.4. The third-order valence-corrected chi connectivity index (χ3v) is 3.76. The summed E-state index contributed by atoms with van der Waals surface area (Å²) in [5, 5.41) is 3.30. The highest BCUT2D eigenvalue weighted by Crippen LogP contribution is 2.15. The molecule has 0 saturated heterocycles. The lowest BCUT2D eigenvalue weighted by Crippen LogP contribution is -2.22. The molecular formula is C16H12N6O2. The number of aromatic nitrogens is 6. The number of nitrogens with one attached hydrogen (secondary N) is 1. The van der Waals surface area contributed by atoms with E-state index < -0.39 is 0 Å². The van der Waals surface area contributed by atoms with Crippen LogP contribution in [0.25, 0.3) is 22.5 Å². The second-order valence-corrected chi connectivity index (χ2v) is 5.20. The zero-order valence-electron chi connectivity index (χ0n) is 12.7. The van der Waals surface area contributed by atoms with Crippen LogP contribution in [0.15, 0.2) is 58.6 Å². The van der Waals surface area contributed by atoms with Crippen molar-refractivity contribution < 1.29 is 0 Å². The Morgan fingerprint density at radius 2 is 1.88 bits per heavy atom. The van der Waals surface area contributed by atoms with Crippen molar-refractivity contribution in [3.05, 3.63) is 75.5 Å². The number of fused-ring (bicyclic) bond motifs is 1. The minimum Gasteiger partial charge on any atom is -0.287 e. The van der Waals surface area contributed by atoms with Crippen LogP contribution in [-0.4, -0.2) is 29.3 Å². The van der Waals surface area contributed by atoms with Crippen molar-refractivity contribution >= 4 is 10.9 Å². The Morgan fingerprint density at radius 3 is 2.58 bits per heavy atom. The van der Waals surface area contributed by atoms with Crippen LogP contribution in [0, 0.1) is 6.92 Å². The number of nitrogens with zero attached hydrogens (tertiary/aromatic N) is 5. The van der Waals surface area contributed by atoms with Gasteiger partial charge in [0.1, 0.15) is 0 Å². The molecule has 24 heavy (non-hydrogen) atoms. The van der Waals surface area contributed by atoms with Gasteiger partial charge in [-0.05, 0) is 25.1 Å². The van der Waals surface area contributed by atoms with Gasteiger partial charge in [-0.25, -0.2) is 9.97 Å². The number of aromatic amines is 1. The monoisotopic (exact) mass is 320 g/mol. The highest BCUT2D eigenvalue weighted by molar-refractivity contribution is 5.81. The third kappa shape index (κ3) is 2.04. The van der Waals surface area contributed by atoms with E-state index in [1.807, 2.05) is 0 Å². The fourth-order valence-corrected chi connectivity index (χ4v) is 2.73. The molecule has 8 heteroatoms. The fourth-order valence-electron chi connectivity index (χ4n) is 2.73. The van der Waals surface area contributed by atoms with Crippen molar-refractivity contribution in [1.29, 1.82) is 0 Å². The predicted octanol–water partition coefficient (Wildman–Crippen LogP) is 0.963. The van der Waals surface area contributed by atoms with E-state index in [2.05, 4.69) is 20.1 Å². The standard InChI is InChI=1S/C16H12N6O2/c1-10-14-12(8-13(23)21(10)11-4-2-5-17-9-11)20-22(15(14)24)16-18-6-3-7-19-16/h2-9,20H,1H3. The van der Waals surface area contributed by atoms with E-state index in [-0.39, 0.29) is 17.1 Å².